The summed E-state index contributed by atoms with van der Waals surface area (Å²) < 4.78 is -0.805. The Balaban J connectivity index is 1.80. The van der Waals surface area contributed by atoms with Gasteiger partial charge in [0.2, 0.25) is 17.7 Å². The van der Waals surface area contributed by atoms with Gasteiger partial charge in [0, 0.05) is 31.4 Å². The minimum absolute atomic E-state index is 0.0140. The smallest absolute Gasteiger partial charge is 0.247 e. The molecular weight excluding hydrogens is 462 g/mol. The molecule has 4 rings (SSSR count). The summed E-state index contributed by atoms with van der Waals surface area (Å²) in [5, 5.41) is 10.2. The molecule has 0 aromatic heterocycles. The molecule has 1 N–H and O–H groups in total. The largest absolute Gasteiger partial charge is 0.394 e. The zero-order chi connectivity index (χ0) is 25.3. The molecule has 0 aromatic rings. The number of unbranched alkanes of at least 4 members (excludes halogenated alkanes) is 2. The van der Waals surface area contributed by atoms with Gasteiger partial charge in [-0.2, -0.15) is 0 Å². The van der Waals surface area contributed by atoms with Crippen molar-refractivity contribution in [1.29, 1.82) is 0 Å². The summed E-state index contributed by atoms with van der Waals surface area (Å²) in [7, 11) is 0. The predicted octanol–water partition coefficient (Wildman–Crippen LogP) is 2.70. The molecule has 1 spiro atoms. The molecule has 0 saturated carbocycles. The molecule has 35 heavy (non-hydrogen) atoms. The van der Waals surface area contributed by atoms with Gasteiger partial charge in [-0.25, -0.2) is 0 Å². The molecular formula is C27H41N3O4S. The second kappa shape index (κ2) is 10.7. The minimum atomic E-state index is -0.805. The molecule has 0 radical (unpaired) electrons. The molecule has 1 unspecified atom stereocenters. The van der Waals surface area contributed by atoms with Crippen LogP contribution < -0.4 is 0 Å². The van der Waals surface area contributed by atoms with Gasteiger partial charge >= 0.3 is 0 Å². The summed E-state index contributed by atoms with van der Waals surface area (Å²) in [6, 6.07) is -1.18. The van der Waals surface area contributed by atoms with E-state index in [0.717, 1.165) is 25.7 Å². The van der Waals surface area contributed by atoms with Crippen molar-refractivity contribution in [3.05, 3.63) is 24.3 Å². The molecule has 4 aliphatic rings. The molecule has 0 bridgehead atoms. The van der Waals surface area contributed by atoms with Crippen molar-refractivity contribution in [2.75, 3.05) is 32.8 Å². The number of amides is 3. The minimum Gasteiger partial charge on any atom is -0.394 e. The summed E-state index contributed by atoms with van der Waals surface area (Å²) in [6.45, 7) is 10.3. The van der Waals surface area contributed by atoms with Crippen LogP contribution in [0.3, 0.4) is 0 Å². The fraction of sp³-hybridized carbons (Fsp3) is 0.741. The first-order chi connectivity index (χ1) is 16.8. The van der Waals surface area contributed by atoms with E-state index in [1.54, 1.807) is 16.7 Å². The average Bonchev–Trinajstić information content (AvgIpc) is 3.14. The van der Waals surface area contributed by atoms with Crippen molar-refractivity contribution in [2.24, 2.45) is 17.8 Å². The van der Waals surface area contributed by atoms with E-state index in [0.29, 0.717) is 26.2 Å². The van der Waals surface area contributed by atoms with Gasteiger partial charge in [-0.05, 0) is 18.8 Å². The highest BCUT2D eigenvalue weighted by Crippen LogP contribution is 2.61. The summed E-state index contributed by atoms with van der Waals surface area (Å²) >= 11 is 1.62. The molecule has 2 fully saturated rings. The molecule has 4 heterocycles. The molecule has 4 aliphatic heterocycles. The second-order valence-electron chi connectivity index (χ2n) is 10.7. The molecule has 2 saturated heterocycles. The number of thioether (sulfide) groups is 1. The number of aliphatic hydroxyl groups is 1. The van der Waals surface area contributed by atoms with Gasteiger partial charge in [0.05, 0.1) is 29.2 Å². The summed E-state index contributed by atoms with van der Waals surface area (Å²) in [6.07, 6.45) is 12.1. The van der Waals surface area contributed by atoms with E-state index in [4.69, 9.17) is 0 Å². The van der Waals surface area contributed by atoms with Gasteiger partial charge in [-0.3, -0.25) is 14.4 Å². The van der Waals surface area contributed by atoms with Crippen molar-refractivity contribution in [3.63, 3.8) is 0 Å². The first kappa shape index (κ1) is 26.3. The fourth-order valence-corrected chi connectivity index (χ4v) is 8.37. The Labute approximate surface area is 214 Å². The van der Waals surface area contributed by atoms with E-state index in [1.807, 2.05) is 35.8 Å². The van der Waals surface area contributed by atoms with Crippen molar-refractivity contribution >= 4 is 29.5 Å². The highest BCUT2D eigenvalue weighted by atomic mass is 32.2. The number of carbonyl (C=O) groups is 3. The first-order valence-corrected chi connectivity index (χ1v) is 14.2. The number of aliphatic hydroxyl groups excluding tert-OH is 1. The molecule has 6 atom stereocenters. The van der Waals surface area contributed by atoms with Crippen molar-refractivity contribution in [3.8, 4) is 0 Å². The number of likely N-dealkylation sites (tertiary alicyclic amines) is 1. The lowest BCUT2D eigenvalue weighted by Gasteiger charge is -2.39. The average molecular weight is 504 g/mol. The highest BCUT2D eigenvalue weighted by Gasteiger charge is 2.71. The summed E-state index contributed by atoms with van der Waals surface area (Å²) in [5.41, 5.74) is 0. The molecule has 7 nitrogen and oxygen atoms in total. The van der Waals surface area contributed by atoms with Gasteiger partial charge in [0.15, 0.2) is 0 Å². The van der Waals surface area contributed by atoms with E-state index in [9.17, 15) is 19.5 Å². The van der Waals surface area contributed by atoms with Crippen molar-refractivity contribution < 1.29 is 19.5 Å². The zero-order valence-electron chi connectivity index (χ0n) is 21.6. The zero-order valence-corrected chi connectivity index (χ0v) is 22.4. The van der Waals surface area contributed by atoms with Crippen LogP contribution in [0.5, 0.6) is 0 Å². The van der Waals surface area contributed by atoms with Gasteiger partial charge in [-0.1, -0.05) is 64.8 Å². The monoisotopic (exact) mass is 503 g/mol. The van der Waals surface area contributed by atoms with Crippen LogP contribution in [0.4, 0.5) is 0 Å². The number of fused-ring (bicyclic) bond motifs is 2. The standard InChI is InChI=1S/C27H41N3O4S/c1-5-7-8-14-29-16-10-12-27-22(21-20(35-27)11-9-15-28(13-6-2)24(21)32)25(33)30(23(27)26(29)34)19(17-31)18(3)4/h9-12,18-23,31H,5-8,13-17H2,1-4H3/t19-,20+,21-,22-,23?,27-/m0/s1. The SMILES string of the molecule is CCCCCN1CC=C[C@]23S[C@@H]4C=CCN(CCC)C(=O)[C@@H]4[C@H]2C(=O)N([C@@H](CO)C(C)C)C3C1=O. The van der Waals surface area contributed by atoms with E-state index in [2.05, 4.69) is 26.0 Å². The van der Waals surface area contributed by atoms with Crippen LogP contribution in [0.2, 0.25) is 0 Å². The third kappa shape index (κ3) is 4.35. The predicted molar refractivity (Wildman–Crippen MR) is 139 cm³/mol. The lowest BCUT2D eigenvalue weighted by molar-refractivity contribution is -0.147. The van der Waals surface area contributed by atoms with Gasteiger partial charge in [0.25, 0.3) is 0 Å². The Morgan fingerprint density at radius 1 is 1.00 bits per heavy atom. The summed E-state index contributed by atoms with van der Waals surface area (Å²) in [5.74, 6) is -1.32. The lowest BCUT2D eigenvalue weighted by atomic mass is 9.78. The van der Waals surface area contributed by atoms with Crippen LogP contribution in [-0.2, 0) is 14.4 Å². The van der Waals surface area contributed by atoms with Crippen molar-refractivity contribution in [2.45, 2.75) is 75.5 Å². The van der Waals surface area contributed by atoms with Gasteiger partial charge in [-0.15, -0.1) is 11.8 Å². The number of rotatable bonds is 9. The topological polar surface area (TPSA) is 81.2 Å². The Hall–Kier alpha value is -1.80. The molecule has 8 heteroatoms. The maximum atomic E-state index is 14.3. The normalized spacial score (nSPS) is 33.2. The fourth-order valence-electron chi connectivity index (χ4n) is 6.38. The third-order valence-electron chi connectivity index (χ3n) is 8.10. The third-order valence-corrected chi connectivity index (χ3v) is 9.85. The number of carbonyl (C=O) groups excluding carboxylic acids is 3. The number of hydrogen-bond donors (Lipinski definition) is 1. The van der Waals surface area contributed by atoms with Crippen LogP contribution in [0.1, 0.15) is 53.4 Å². The maximum Gasteiger partial charge on any atom is 0.247 e. The van der Waals surface area contributed by atoms with Gasteiger partial charge in [0.1, 0.15) is 6.04 Å². The van der Waals surface area contributed by atoms with E-state index in [1.165, 1.54) is 0 Å². The molecule has 0 aromatic carbocycles. The molecule has 3 amide bonds. The molecule has 194 valence electrons. The lowest BCUT2D eigenvalue weighted by Crippen LogP contribution is -2.57. The number of hydrogen-bond acceptors (Lipinski definition) is 5. The summed E-state index contributed by atoms with van der Waals surface area (Å²) in [4.78, 5) is 47.6. The van der Waals surface area contributed by atoms with E-state index < -0.39 is 28.7 Å². The molecule has 0 aliphatic carbocycles. The van der Waals surface area contributed by atoms with Gasteiger partial charge < -0.3 is 19.8 Å². The Bertz CT molecular complexity index is 890. The highest BCUT2D eigenvalue weighted by molar-refractivity contribution is 8.02. The maximum absolute atomic E-state index is 14.3. The van der Waals surface area contributed by atoms with Crippen LogP contribution in [0.15, 0.2) is 24.3 Å². The van der Waals surface area contributed by atoms with Crippen molar-refractivity contribution in [1.82, 2.24) is 14.7 Å². The van der Waals surface area contributed by atoms with Crippen LogP contribution >= 0.6 is 11.8 Å². The number of nitrogens with zero attached hydrogens (tertiary/aromatic N) is 3. The Morgan fingerprint density at radius 3 is 2.37 bits per heavy atom. The Morgan fingerprint density at radius 2 is 1.71 bits per heavy atom. The Kier molecular flexibility index (Phi) is 8.01. The van der Waals surface area contributed by atoms with E-state index >= 15 is 0 Å². The first-order valence-electron chi connectivity index (χ1n) is 13.3. The second-order valence-corrected chi connectivity index (χ2v) is 12.2. The van der Waals surface area contributed by atoms with Crippen LogP contribution in [-0.4, -0.2) is 92.4 Å². The van der Waals surface area contributed by atoms with E-state index in [-0.39, 0.29) is 35.5 Å². The van der Waals surface area contributed by atoms with Crippen LogP contribution in [0.25, 0.3) is 0 Å². The van der Waals surface area contributed by atoms with Crippen LogP contribution in [0, 0.1) is 17.8 Å². The quantitative estimate of drug-likeness (QED) is 0.387.